The summed E-state index contributed by atoms with van der Waals surface area (Å²) in [5, 5.41) is 4.43. The maximum Gasteiger partial charge on any atom is 0.573 e. The standard InChI is InChI=1S/C18H16F3N3O2/c19-18(20,21)26-15-7-5-12(6-8-15)17-23-14(11-25-17)10-24-16-4-2-1-3-13(16)9-22-24/h5-9,11H,1-4,10H2. The molecule has 0 N–H and O–H groups in total. The van der Waals surface area contributed by atoms with Crippen molar-refractivity contribution in [1.82, 2.24) is 14.8 Å². The van der Waals surface area contributed by atoms with Crippen LogP contribution >= 0.6 is 0 Å². The van der Waals surface area contributed by atoms with Crippen molar-refractivity contribution in [2.75, 3.05) is 0 Å². The zero-order valence-electron chi connectivity index (χ0n) is 13.8. The van der Waals surface area contributed by atoms with Crippen LogP contribution < -0.4 is 4.74 Å². The van der Waals surface area contributed by atoms with Crippen LogP contribution in [0.2, 0.25) is 0 Å². The Morgan fingerprint density at radius 2 is 1.88 bits per heavy atom. The number of oxazole rings is 1. The Morgan fingerprint density at radius 1 is 1.12 bits per heavy atom. The second kappa shape index (κ2) is 6.51. The first-order chi connectivity index (χ1) is 12.5. The fourth-order valence-corrected chi connectivity index (χ4v) is 3.16. The van der Waals surface area contributed by atoms with E-state index in [0.717, 1.165) is 19.3 Å². The third-order valence-electron chi connectivity index (χ3n) is 4.34. The molecule has 1 aliphatic carbocycles. The van der Waals surface area contributed by atoms with Crippen molar-refractivity contribution in [2.24, 2.45) is 0 Å². The molecule has 4 rings (SSSR count). The minimum Gasteiger partial charge on any atom is -0.444 e. The van der Waals surface area contributed by atoms with Gasteiger partial charge >= 0.3 is 6.36 Å². The van der Waals surface area contributed by atoms with Gasteiger partial charge in [0.2, 0.25) is 5.89 Å². The summed E-state index contributed by atoms with van der Waals surface area (Å²) in [6, 6.07) is 5.42. The minimum absolute atomic E-state index is 0.281. The first-order valence-corrected chi connectivity index (χ1v) is 8.32. The number of halogens is 3. The highest BCUT2D eigenvalue weighted by Crippen LogP contribution is 2.27. The molecule has 0 bridgehead atoms. The van der Waals surface area contributed by atoms with Crippen molar-refractivity contribution < 1.29 is 22.3 Å². The molecule has 1 aliphatic rings. The van der Waals surface area contributed by atoms with Gasteiger partial charge in [-0.2, -0.15) is 5.10 Å². The Kier molecular flexibility index (Phi) is 4.18. The Labute approximate surface area is 147 Å². The highest BCUT2D eigenvalue weighted by molar-refractivity contribution is 5.54. The average Bonchev–Trinajstić information content (AvgIpc) is 3.22. The lowest BCUT2D eigenvalue weighted by atomic mass is 9.98. The molecule has 26 heavy (non-hydrogen) atoms. The maximum absolute atomic E-state index is 12.2. The molecule has 0 aliphatic heterocycles. The molecular formula is C18H16F3N3O2. The monoisotopic (exact) mass is 363 g/mol. The summed E-state index contributed by atoms with van der Waals surface area (Å²) in [7, 11) is 0. The Bertz CT molecular complexity index is 897. The van der Waals surface area contributed by atoms with Crippen LogP contribution in [0.3, 0.4) is 0 Å². The normalized spacial score (nSPS) is 14.3. The lowest BCUT2D eigenvalue weighted by Crippen LogP contribution is -2.16. The number of aromatic nitrogens is 3. The van der Waals surface area contributed by atoms with Gasteiger partial charge in [-0.15, -0.1) is 13.2 Å². The topological polar surface area (TPSA) is 53.1 Å². The van der Waals surface area contributed by atoms with Gasteiger partial charge in [-0.05, 0) is 55.5 Å². The third kappa shape index (κ3) is 3.58. The maximum atomic E-state index is 12.2. The van der Waals surface area contributed by atoms with E-state index in [-0.39, 0.29) is 5.75 Å². The smallest absolute Gasteiger partial charge is 0.444 e. The molecule has 0 amide bonds. The second-order valence-corrected chi connectivity index (χ2v) is 6.20. The molecule has 0 fully saturated rings. The molecule has 0 atom stereocenters. The average molecular weight is 363 g/mol. The largest absolute Gasteiger partial charge is 0.573 e. The zero-order valence-corrected chi connectivity index (χ0v) is 13.8. The summed E-state index contributed by atoms with van der Waals surface area (Å²) in [5.41, 5.74) is 3.83. The van der Waals surface area contributed by atoms with Gasteiger partial charge in [0.1, 0.15) is 17.7 Å². The lowest BCUT2D eigenvalue weighted by molar-refractivity contribution is -0.274. The fourth-order valence-electron chi connectivity index (χ4n) is 3.16. The molecule has 0 spiro atoms. The van der Waals surface area contributed by atoms with Crippen molar-refractivity contribution in [3.8, 4) is 17.2 Å². The highest BCUT2D eigenvalue weighted by Gasteiger charge is 2.31. The summed E-state index contributed by atoms with van der Waals surface area (Å²) in [4.78, 5) is 4.42. The number of aryl methyl sites for hydroxylation is 1. The molecule has 0 unspecified atom stereocenters. The highest BCUT2D eigenvalue weighted by atomic mass is 19.4. The van der Waals surface area contributed by atoms with Gasteiger partial charge in [-0.25, -0.2) is 4.98 Å². The van der Waals surface area contributed by atoms with E-state index in [4.69, 9.17) is 4.42 Å². The van der Waals surface area contributed by atoms with Gasteiger partial charge in [0, 0.05) is 11.3 Å². The van der Waals surface area contributed by atoms with Crippen LogP contribution in [0.4, 0.5) is 13.2 Å². The number of hydrogen-bond acceptors (Lipinski definition) is 4. The molecule has 0 saturated heterocycles. The quantitative estimate of drug-likeness (QED) is 0.691. The number of benzene rings is 1. The van der Waals surface area contributed by atoms with Crippen LogP contribution in [0.1, 0.15) is 29.8 Å². The SMILES string of the molecule is FC(F)(F)Oc1ccc(-c2nc(Cn3ncc4c3CCCC4)co2)cc1. The van der Waals surface area contributed by atoms with E-state index in [1.807, 2.05) is 10.9 Å². The molecule has 3 aromatic rings. The second-order valence-electron chi connectivity index (χ2n) is 6.20. The van der Waals surface area contributed by atoms with E-state index >= 15 is 0 Å². The van der Waals surface area contributed by atoms with Crippen molar-refractivity contribution >= 4 is 0 Å². The summed E-state index contributed by atoms with van der Waals surface area (Å²) >= 11 is 0. The number of rotatable bonds is 4. The van der Waals surface area contributed by atoms with Crippen molar-refractivity contribution in [1.29, 1.82) is 0 Å². The van der Waals surface area contributed by atoms with E-state index < -0.39 is 6.36 Å². The third-order valence-corrected chi connectivity index (χ3v) is 4.34. The number of fused-ring (bicyclic) bond motifs is 1. The van der Waals surface area contributed by atoms with Crippen molar-refractivity contribution in [3.63, 3.8) is 0 Å². The van der Waals surface area contributed by atoms with E-state index in [1.165, 1.54) is 41.9 Å². The molecule has 1 aromatic carbocycles. The fraction of sp³-hybridized carbons (Fsp3) is 0.333. The van der Waals surface area contributed by atoms with Gasteiger partial charge in [0.05, 0.1) is 12.7 Å². The molecule has 0 radical (unpaired) electrons. The van der Waals surface area contributed by atoms with Crippen LogP contribution in [0.25, 0.3) is 11.5 Å². The summed E-state index contributed by atoms with van der Waals surface area (Å²) in [6.07, 6.45) is 3.18. The molecule has 0 saturated carbocycles. The molecule has 5 nitrogen and oxygen atoms in total. The minimum atomic E-state index is -4.71. The predicted molar refractivity (Wildman–Crippen MR) is 86.6 cm³/mol. The van der Waals surface area contributed by atoms with Crippen molar-refractivity contribution in [3.05, 3.63) is 53.7 Å². The van der Waals surface area contributed by atoms with E-state index in [9.17, 15) is 13.2 Å². The Morgan fingerprint density at radius 3 is 2.65 bits per heavy atom. The van der Waals surface area contributed by atoms with Gasteiger partial charge in [0.15, 0.2) is 0 Å². The first-order valence-electron chi connectivity index (χ1n) is 8.32. The number of hydrogen-bond donors (Lipinski definition) is 0. The van der Waals surface area contributed by atoms with Gasteiger partial charge in [-0.1, -0.05) is 0 Å². The van der Waals surface area contributed by atoms with E-state index in [2.05, 4.69) is 14.8 Å². The van der Waals surface area contributed by atoms with Crippen LogP contribution in [0.15, 0.2) is 41.1 Å². The van der Waals surface area contributed by atoms with Gasteiger partial charge in [-0.3, -0.25) is 4.68 Å². The zero-order chi connectivity index (χ0) is 18.1. The Hall–Kier alpha value is -2.77. The summed E-state index contributed by atoms with van der Waals surface area (Å²) in [6.45, 7) is 0.508. The summed E-state index contributed by atoms with van der Waals surface area (Å²) in [5.74, 6) is 0.0655. The van der Waals surface area contributed by atoms with Crippen LogP contribution in [0.5, 0.6) is 5.75 Å². The van der Waals surface area contributed by atoms with Crippen LogP contribution in [-0.4, -0.2) is 21.1 Å². The first kappa shape index (κ1) is 16.7. The van der Waals surface area contributed by atoms with Gasteiger partial charge < -0.3 is 9.15 Å². The van der Waals surface area contributed by atoms with E-state index in [0.29, 0.717) is 23.7 Å². The molecule has 136 valence electrons. The van der Waals surface area contributed by atoms with Crippen LogP contribution in [-0.2, 0) is 19.4 Å². The number of alkyl halides is 3. The summed E-state index contributed by atoms with van der Waals surface area (Å²) < 4.78 is 47.9. The lowest BCUT2D eigenvalue weighted by Gasteiger charge is -2.12. The number of nitrogens with zero attached hydrogens (tertiary/aromatic N) is 3. The molecular weight excluding hydrogens is 347 g/mol. The molecule has 2 aromatic heterocycles. The predicted octanol–water partition coefficient (Wildman–Crippen LogP) is 4.36. The van der Waals surface area contributed by atoms with Crippen LogP contribution in [0, 0.1) is 0 Å². The van der Waals surface area contributed by atoms with Gasteiger partial charge in [0.25, 0.3) is 0 Å². The number of ether oxygens (including phenoxy) is 1. The van der Waals surface area contributed by atoms with E-state index in [1.54, 1.807) is 6.26 Å². The van der Waals surface area contributed by atoms with Crippen molar-refractivity contribution in [2.45, 2.75) is 38.6 Å². The Balaban J connectivity index is 1.49. The molecule has 2 heterocycles. The molecule has 8 heteroatoms.